The highest BCUT2D eigenvalue weighted by Crippen LogP contribution is 2.18. The van der Waals surface area contributed by atoms with Crippen LogP contribution < -0.4 is 0 Å². The van der Waals surface area contributed by atoms with Gasteiger partial charge in [0, 0.05) is 0 Å². The molecule has 0 aliphatic heterocycles. The van der Waals surface area contributed by atoms with Gasteiger partial charge in [0.15, 0.2) is 5.76 Å². The largest absolute Gasteiger partial charge is 0.461 e. The van der Waals surface area contributed by atoms with Crippen molar-refractivity contribution in [2.45, 2.75) is 26.0 Å². The molecule has 0 saturated carbocycles. The average Bonchev–Trinajstić information content (AvgIpc) is 3.08. The number of aliphatic hydroxyl groups is 1. The average molecular weight is 275 g/mol. The SMILES string of the molecule is CC(C)(O)c1cn(Cc2nc(-c3ccco3)no2)nn1. The quantitative estimate of drug-likeness (QED) is 0.762. The summed E-state index contributed by atoms with van der Waals surface area (Å²) in [5, 5.41) is 21.4. The second kappa shape index (κ2) is 4.57. The molecule has 8 heteroatoms. The summed E-state index contributed by atoms with van der Waals surface area (Å²) in [7, 11) is 0. The molecule has 3 aromatic rings. The van der Waals surface area contributed by atoms with E-state index in [4.69, 9.17) is 8.94 Å². The number of hydrogen-bond acceptors (Lipinski definition) is 7. The summed E-state index contributed by atoms with van der Waals surface area (Å²) < 4.78 is 11.8. The Morgan fingerprint density at radius 1 is 1.40 bits per heavy atom. The van der Waals surface area contributed by atoms with Gasteiger partial charge in [-0.3, -0.25) is 0 Å². The second-order valence-corrected chi connectivity index (χ2v) is 4.85. The first-order valence-corrected chi connectivity index (χ1v) is 6.02. The summed E-state index contributed by atoms with van der Waals surface area (Å²) in [6.07, 6.45) is 3.18. The highest BCUT2D eigenvalue weighted by molar-refractivity contribution is 5.44. The lowest BCUT2D eigenvalue weighted by Gasteiger charge is -2.11. The lowest BCUT2D eigenvalue weighted by atomic mass is 10.1. The van der Waals surface area contributed by atoms with Gasteiger partial charge in [-0.05, 0) is 26.0 Å². The van der Waals surface area contributed by atoms with Gasteiger partial charge in [-0.15, -0.1) is 5.10 Å². The van der Waals surface area contributed by atoms with Crippen LogP contribution in [0.5, 0.6) is 0 Å². The van der Waals surface area contributed by atoms with Gasteiger partial charge in [-0.1, -0.05) is 10.4 Å². The summed E-state index contributed by atoms with van der Waals surface area (Å²) in [4.78, 5) is 4.20. The first-order valence-electron chi connectivity index (χ1n) is 6.02. The molecule has 0 spiro atoms. The van der Waals surface area contributed by atoms with E-state index in [2.05, 4.69) is 20.5 Å². The Bertz CT molecular complexity index is 693. The predicted molar refractivity (Wildman–Crippen MR) is 66.4 cm³/mol. The number of aromatic nitrogens is 5. The molecular formula is C12H13N5O3. The monoisotopic (exact) mass is 275 g/mol. The first-order chi connectivity index (χ1) is 9.52. The van der Waals surface area contributed by atoms with Crippen LogP contribution >= 0.6 is 0 Å². The van der Waals surface area contributed by atoms with E-state index >= 15 is 0 Å². The van der Waals surface area contributed by atoms with Crippen molar-refractivity contribution in [3.63, 3.8) is 0 Å². The molecule has 8 nitrogen and oxygen atoms in total. The second-order valence-electron chi connectivity index (χ2n) is 4.85. The van der Waals surface area contributed by atoms with Crippen LogP contribution in [0.4, 0.5) is 0 Å². The highest BCUT2D eigenvalue weighted by Gasteiger charge is 2.20. The molecule has 0 bridgehead atoms. The maximum atomic E-state index is 9.82. The topological polar surface area (TPSA) is 103 Å². The molecule has 0 aliphatic carbocycles. The van der Waals surface area contributed by atoms with Crippen molar-refractivity contribution in [2.75, 3.05) is 0 Å². The summed E-state index contributed by atoms with van der Waals surface area (Å²) in [6, 6.07) is 3.49. The summed E-state index contributed by atoms with van der Waals surface area (Å²) >= 11 is 0. The van der Waals surface area contributed by atoms with E-state index in [1.807, 2.05) is 0 Å². The molecule has 0 saturated heterocycles. The zero-order chi connectivity index (χ0) is 14.2. The van der Waals surface area contributed by atoms with Crippen molar-refractivity contribution in [3.8, 4) is 11.6 Å². The normalized spacial score (nSPS) is 11.9. The fourth-order valence-electron chi connectivity index (χ4n) is 1.62. The van der Waals surface area contributed by atoms with Crippen LogP contribution in [0.25, 0.3) is 11.6 Å². The van der Waals surface area contributed by atoms with Crippen molar-refractivity contribution in [1.29, 1.82) is 0 Å². The van der Waals surface area contributed by atoms with Crippen molar-refractivity contribution in [1.82, 2.24) is 25.1 Å². The van der Waals surface area contributed by atoms with Crippen molar-refractivity contribution in [3.05, 3.63) is 36.2 Å². The molecule has 0 fully saturated rings. The third kappa shape index (κ3) is 2.45. The Labute approximate surface area is 114 Å². The molecule has 3 aromatic heterocycles. The van der Waals surface area contributed by atoms with Gasteiger partial charge in [0.2, 0.25) is 11.7 Å². The molecular weight excluding hydrogens is 262 g/mol. The number of furan rings is 1. The number of rotatable bonds is 4. The van der Waals surface area contributed by atoms with Crippen LogP contribution in [0.1, 0.15) is 25.4 Å². The van der Waals surface area contributed by atoms with Crippen LogP contribution in [0.2, 0.25) is 0 Å². The van der Waals surface area contributed by atoms with Crippen LogP contribution in [-0.2, 0) is 12.1 Å². The van der Waals surface area contributed by atoms with Crippen LogP contribution in [0.15, 0.2) is 33.5 Å². The third-order valence-corrected chi connectivity index (χ3v) is 2.67. The van der Waals surface area contributed by atoms with Crippen LogP contribution in [-0.4, -0.2) is 30.2 Å². The van der Waals surface area contributed by atoms with E-state index in [-0.39, 0.29) is 6.54 Å². The van der Waals surface area contributed by atoms with E-state index in [0.29, 0.717) is 23.2 Å². The standard InChI is InChI=1S/C12H13N5O3/c1-12(2,18)9-6-17(16-14-9)7-10-13-11(15-20-10)8-4-3-5-19-8/h3-6,18H,7H2,1-2H3. The van der Waals surface area contributed by atoms with Crippen molar-refractivity contribution < 1.29 is 14.0 Å². The van der Waals surface area contributed by atoms with Gasteiger partial charge in [-0.2, -0.15) is 4.98 Å². The van der Waals surface area contributed by atoms with Gasteiger partial charge >= 0.3 is 0 Å². The van der Waals surface area contributed by atoms with E-state index in [0.717, 1.165) is 0 Å². The summed E-state index contributed by atoms with van der Waals surface area (Å²) in [5.41, 5.74) is -0.560. The first kappa shape index (κ1) is 12.5. The van der Waals surface area contributed by atoms with Crippen LogP contribution in [0.3, 0.4) is 0 Å². The summed E-state index contributed by atoms with van der Waals surface area (Å²) in [6.45, 7) is 3.56. The van der Waals surface area contributed by atoms with Gasteiger partial charge < -0.3 is 14.0 Å². The molecule has 0 radical (unpaired) electrons. The molecule has 0 unspecified atom stereocenters. The van der Waals surface area contributed by atoms with Gasteiger partial charge in [0.1, 0.15) is 17.8 Å². The lowest BCUT2D eigenvalue weighted by molar-refractivity contribution is 0.0737. The van der Waals surface area contributed by atoms with E-state index in [9.17, 15) is 5.11 Å². The smallest absolute Gasteiger partial charge is 0.248 e. The zero-order valence-electron chi connectivity index (χ0n) is 11.0. The summed E-state index contributed by atoms with van der Waals surface area (Å²) in [5.74, 6) is 1.30. The molecule has 0 amide bonds. The maximum absolute atomic E-state index is 9.82. The zero-order valence-corrected chi connectivity index (χ0v) is 11.0. The molecule has 20 heavy (non-hydrogen) atoms. The lowest BCUT2D eigenvalue weighted by Crippen LogP contribution is -2.15. The molecule has 3 rings (SSSR count). The molecule has 0 atom stereocenters. The fraction of sp³-hybridized carbons (Fsp3) is 0.333. The number of hydrogen-bond donors (Lipinski definition) is 1. The Hall–Kier alpha value is -2.48. The fourth-order valence-corrected chi connectivity index (χ4v) is 1.62. The molecule has 104 valence electrons. The Morgan fingerprint density at radius 2 is 2.25 bits per heavy atom. The minimum absolute atomic E-state index is 0.275. The molecule has 0 aromatic carbocycles. The van der Waals surface area contributed by atoms with Gasteiger partial charge in [0.25, 0.3) is 0 Å². The molecule has 0 aliphatic rings. The third-order valence-electron chi connectivity index (χ3n) is 2.67. The number of nitrogens with zero attached hydrogens (tertiary/aromatic N) is 5. The van der Waals surface area contributed by atoms with Gasteiger partial charge in [-0.25, -0.2) is 4.68 Å². The maximum Gasteiger partial charge on any atom is 0.248 e. The molecule has 1 N–H and O–H groups in total. The Morgan fingerprint density at radius 3 is 2.90 bits per heavy atom. The Balaban J connectivity index is 1.77. The predicted octanol–water partition coefficient (Wildman–Crippen LogP) is 1.20. The van der Waals surface area contributed by atoms with E-state index in [1.165, 1.54) is 4.68 Å². The van der Waals surface area contributed by atoms with Gasteiger partial charge in [0.05, 0.1) is 12.5 Å². The highest BCUT2D eigenvalue weighted by atomic mass is 16.5. The Kier molecular flexibility index (Phi) is 2.87. The minimum Gasteiger partial charge on any atom is -0.461 e. The van der Waals surface area contributed by atoms with Crippen LogP contribution in [0, 0.1) is 0 Å². The van der Waals surface area contributed by atoms with E-state index in [1.54, 1.807) is 38.4 Å². The minimum atomic E-state index is -1.04. The van der Waals surface area contributed by atoms with Crippen molar-refractivity contribution in [2.24, 2.45) is 0 Å². The van der Waals surface area contributed by atoms with E-state index < -0.39 is 5.60 Å². The molecule has 3 heterocycles. The van der Waals surface area contributed by atoms with Crippen molar-refractivity contribution >= 4 is 0 Å².